The molecule has 2 aromatic rings. The van der Waals surface area contributed by atoms with Gasteiger partial charge < -0.3 is 9.84 Å². The lowest BCUT2D eigenvalue weighted by molar-refractivity contribution is -0.145. The van der Waals surface area contributed by atoms with Crippen LogP contribution in [-0.2, 0) is 16.1 Å². The van der Waals surface area contributed by atoms with Gasteiger partial charge in [-0.15, -0.1) is 0 Å². The first-order valence-electron chi connectivity index (χ1n) is 8.37. The SMILES string of the molecule is O=C(O)[C@@H](c1ccc(F)cc1)N1CCC(OCc2ccccn2)CC1. The van der Waals surface area contributed by atoms with E-state index in [0.717, 1.165) is 18.5 Å². The molecule has 0 aliphatic carbocycles. The van der Waals surface area contributed by atoms with E-state index >= 15 is 0 Å². The molecule has 0 spiro atoms. The number of hydrogen-bond donors (Lipinski definition) is 1. The van der Waals surface area contributed by atoms with E-state index in [-0.39, 0.29) is 11.9 Å². The van der Waals surface area contributed by atoms with Crippen molar-refractivity contribution in [2.75, 3.05) is 13.1 Å². The van der Waals surface area contributed by atoms with E-state index in [4.69, 9.17) is 4.74 Å². The van der Waals surface area contributed by atoms with Gasteiger partial charge >= 0.3 is 5.97 Å². The van der Waals surface area contributed by atoms with Gasteiger partial charge in [0.2, 0.25) is 0 Å². The number of carboxylic acids is 1. The van der Waals surface area contributed by atoms with E-state index in [0.29, 0.717) is 25.3 Å². The maximum absolute atomic E-state index is 13.1. The van der Waals surface area contributed by atoms with E-state index in [2.05, 4.69) is 4.98 Å². The zero-order valence-corrected chi connectivity index (χ0v) is 13.8. The fourth-order valence-electron chi connectivity index (χ4n) is 3.14. The van der Waals surface area contributed by atoms with Crippen LogP contribution in [0.2, 0.25) is 0 Å². The van der Waals surface area contributed by atoms with Gasteiger partial charge in [0.25, 0.3) is 0 Å². The summed E-state index contributed by atoms with van der Waals surface area (Å²) >= 11 is 0. The summed E-state index contributed by atoms with van der Waals surface area (Å²) in [6.07, 6.45) is 3.36. The van der Waals surface area contributed by atoms with Crippen molar-refractivity contribution in [1.82, 2.24) is 9.88 Å². The van der Waals surface area contributed by atoms with E-state index in [1.165, 1.54) is 24.3 Å². The summed E-state index contributed by atoms with van der Waals surface area (Å²) < 4.78 is 19.0. The predicted octanol–water partition coefficient (Wildman–Crippen LogP) is 3.03. The highest BCUT2D eigenvalue weighted by Gasteiger charge is 2.31. The third-order valence-electron chi connectivity index (χ3n) is 4.45. The normalized spacial score (nSPS) is 17.3. The first-order chi connectivity index (χ1) is 12.1. The van der Waals surface area contributed by atoms with Gasteiger partial charge in [0.1, 0.15) is 11.9 Å². The number of carboxylic acid groups (broad SMARTS) is 1. The Kier molecular flexibility index (Phi) is 5.73. The van der Waals surface area contributed by atoms with Crippen LogP contribution in [0.1, 0.15) is 30.1 Å². The van der Waals surface area contributed by atoms with Crippen molar-refractivity contribution in [3.05, 3.63) is 65.7 Å². The standard InChI is InChI=1S/C19H21FN2O3/c20-15-6-4-14(5-7-15)18(19(23)24)22-11-8-17(9-12-22)25-13-16-3-1-2-10-21-16/h1-7,10,17-18H,8-9,11-13H2,(H,23,24)/t18-/m1/s1. The van der Waals surface area contributed by atoms with Gasteiger partial charge in [0.15, 0.2) is 0 Å². The molecular formula is C19H21FN2O3. The molecule has 1 fully saturated rings. The predicted molar refractivity (Wildman–Crippen MR) is 90.4 cm³/mol. The first kappa shape index (κ1) is 17.5. The molecule has 1 aromatic heterocycles. The van der Waals surface area contributed by atoms with Crippen molar-refractivity contribution in [2.24, 2.45) is 0 Å². The van der Waals surface area contributed by atoms with Crippen LogP contribution in [0.5, 0.6) is 0 Å². The second-order valence-electron chi connectivity index (χ2n) is 6.16. The molecule has 1 saturated heterocycles. The number of nitrogens with zero attached hydrogens (tertiary/aromatic N) is 2. The third-order valence-corrected chi connectivity index (χ3v) is 4.45. The zero-order valence-electron chi connectivity index (χ0n) is 13.8. The second kappa shape index (κ2) is 8.18. The Balaban J connectivity index is 1.56. The molecule has 1 N–H and O–H groups in total. The van der Waals surface area contributed by atoms with Gasteiger partial charge in [-0.3, -0.25) is 14.7 Å². The Hall–Kier alpha value is -2.31. The lowest BCUT2D eigenvalue weighted by atomic mass is 10.0. The number of aliphatic carboxylic acids is 1. The summed E-state index contributed by atoms with van der Waals surface area (Å²) in [5.74, 6) is -1.28. The fraction of sp³-hybridized carbons (Fsp3) is 0.368. The van der Waals surface area contributed by atoms with Crippen LogP contribution in [0.3, 0.4) is 0 Å². The molecule has 0 unspecified atom stereocenters. The van der Waals surface area contributed by atoms with E-state index in [1.807, 2.05) is 23.1 Å². The topological polar surface area (TPSA) is 62.7 Å². The van der Waals surface area contributed by atoms with Crippen LogP contribution < -0.4 is 0 Å². The Morgan fingerprint density at radius 1 is 1.24 bits per heavy atom. The van der Waals surface area contributed by atoms with Crippen LogP contribution in [-0.4, -0.2) is 40.2 Å². The maximum atomic E-state index is 13.1. The fourth-order valence-corrected chi connectivity index (χ4v) is 3.14. The van der Waals surface area contributed by atoms with Crippen molar-refractivity contribution in [3.63, 3.8) is 0 Å². The number of piperidine rings is 1. The Labute approximate surface area is 146 Å². The van der Waals surface area contributed by atoms with E-state index in [9.17, 15) is 14.3 Å². The molecule has 25 heavy (non-hydrogen) atoms. The molecule has 0 amide bonds. The molecule has 0 bridgehead atoms. The average Bonchev–Trinajstić information content (AvgIpc) is 2.63. The molecule has 6 heteroatoms. The zero-order chi connectivity index (χ0) is 17.6. The monoisotopic (exact) mass is 344 g/mol. The molecule has 132 valence electrons. The lowest BCUT2D eigenvalue weighted by Gasteiger charge is -2.35. The highest BCUT2D eigenvalue weighted by molar-refractivity contribution is 5.75. The summed E-state index contributed by atoms with van der Waals surface area (Å²) in [7, 11) is 0. The number of likely N-dealkylation sites (tertiary alicyclic amines) is 1. The minimum Gasteiger partial charge on any atom is -0.480 e. The van der Waals surface area contributed by atoms with Gasteiger partial charge in [-0.1, -0.05) is 18.2 Å². The molecule has 1 aliphatic heterocycles. The van der Waals surface area contributed by atoms with Crippen LogP contribution in [0.15, 0.2) is 48.7 Å². The van der Waals surface area contributed by atoms with Crippen molar-refractivity contribution in [2.45, 2.75) is 31.6 Å². The van der Waals surface area contributed by atoms with Gasteiger partial charge in [-0.25, -0.2) is 4.39 Å². The molecule has 5 nitrogen and oxygen atoms in total. The largest absolute Gasteiger partial charge is 0.480 e. The number of halogens is 1. The van der Waals surface area contributed by atoms with Gasteiger partial charge in [-0.05, 0) is 42.7 Å². The van der Waals surface area contributed by atoms with Crippen LogP contribution >= 0.6 is 0 Å². The molecule has 1 atom stereocenters. The number of ether oxygens (including phenoxy) is 1. The Bertz CT molecular complexity index is 686. The van der Waals surface area contributed by atoms with E-state index < -0.39 is 12.0 Å². The van der Waals surface area contributed by atoms with Crippen LogP contribution in [0.4, 0.5) is 4.39 Å². The second-order valence-corrected chi connectivity index (χ2v) is 6.16. The quantitative estimate of drug-likeness (QED) is 0.873. The minimum atomic E-state index is -0.917. The summed E-state index contributed by atoms with van der Waals surface area (Å²) in [5, 5.41) is 9.59. The summed E-state index contributed by atoms with van der Waals surface area (Å²) in [6, 6.07) is 10.6. The minimum absolute atomic E-state index is 0.0981. The lowest BCUT2D eigenvalue weighted by Crippen LogP contribution is -2.42. The van der Waals surface area contributed by atoms with Gasteiger partial charge in [0, 0.05) is 19.3 Å². The smallest absolute Gasteiger partial charge is 0.325 e. The van der Waals surface area contributed by atoms with Crippen molar-refractivity contribution >= 4 is 5.97 Å². The molecule has 1 aliphatic rings. The van der Waals surface area contributed by atoms with Crippen molar-refractivity contribution < 1.29 is 19.0 Å². The number of benzene rings is 1. The number of aromatic nitrogens is 1. The van der Waals surface area contributed by atoms with E-state index in [1.54, 1.807) is 6.20 Å². The molecule has 3 rings (SSSR count). The van der Waals surface area contributed by atoms with Gasteiger partial charge in [-0.2, -0.15) is 0 Å². The summed E-state index contributed by atoms with van der Waals surface area (Å²) in [5.41, 5.74) is 1.49. The number of carbonyl (C=O) groups is 1. The highest BCUT2D eigenvalue weighted by atomic mass is 19.1. The Morgan fingerprint density at radius 2 is 1.96 bits per heavy atom. The Morgan fingerprint density at radius 3 is 2.56 bits per heavy atom. The molecule has 2 heterocycles. The first-order valence-corrected chi connectivity index (χ1v) is 8.37. The number of rotatable bonds is 6. The molecule has 1 aromatic carbocycles. The maximum Gasteiger partial charge on any atom is 0.325 e. The third kappa shape index (κ3) is 4.61. The summed E-state index contributed by atoms with van der Waals surface area (Å²) in [6.45, 7) is 1.72. The summed E-state index contributed by atoms with van der Waals surface area (Å²) in [4.78, 5) is 17.8. The highest BCUT2D eigenvalue weighted by Crippen LogP contribution is 2.26. The van der Waals surface area contributed by atoms with Crippen LogP contribution in [0.25, 0.3) is 0 Å². The van der Waals surface area contributed by atoms with Crippen LogP contribution in [0, 0.1) is 5.82 Å². The number of pyridine rings is 1. The van der Waals surface area contributed by atoms with Crippen molar-refractivity contribution in [1.29, 1.82) is 0 Å². The number of hydrogen-bond acceptors (Lipinski definition) is 4. The van der Waals surface area contributed by atoms with Gasteiger partial charge in [0.05, 0.1) is 18.4 Å². The molecular weight excluding hydrogens is 323 g/mol. The average molecular weight is 344 g/mol. The van der Waals surface area contributed by atoms with Crippen molar-refractivity contribution in [3.8, 4) is 0 Å². The molecule has 0 saturated carbocycles. The molecule has 0 radical (unpaired) electrons.